The van der Waals surface area contributed by atoms with E-state index in [-0.39, 0.29) is 11.5 Å². The fourth-order valence-corrected chi connectivity index (χ4v) is 2.73. The van der Waals surface area contributed by atoms with Gasteiger partial charge in [-0.2, -0.15) is 10.2 Å². The zero-order valence-corrected chi connectivity index (χ0v) is 15.1. The van der Waals surface area contributed by atoms with Gasteiger partial charge in [-0.1, -0.05) is 35.3 Å². The van der Waals surface area contributed by atoms with Crippen molar-refractivity contribution in [3.8, 4) is 11.3 Å². The van der Waals surface area contributed by atoms with E-state index in [0.29, 0.717) is 32.6 Å². The van der Waals surface area contributed by atoms with Crippen LogP contribution in [0, 0.1) is 5.82 Å². The second-order valence-electron chi connectivity index (χ2n) is 5.44. The van der Waals surface area contributed by atoms with Crippen molar-refractivity contribution >= 4 is 34.8 Å². The molecule has 1 amide bonds. The van der Waals surface area contributed by atoms with E-state index in [1.165, 1.54) is 12.1 Å². The largest absolute Gasteiger partial charge is 0.289 e. The smallest absolute Gasteiger partial charge is 0.272 e. The summed E-state index contributed by atoms with van der Waals surface area (Å²) in [6.45, 7) is 1.71. The van der Waals surface area contributed by atoms with Gasteiger partial charge >= 0.3 is 0 Å². The molecule has 1 aromatic heterocycles. The lowest BCUT2D eigenvalue weighted by Gasteiger charge is -2.02. The summed E-state index contributed by atoms with van der Waals surface area (Å²) in [5.74, 6) is -0.799. The van der Waals surface area contributed by atoms with Gasteiger partial charge in [0.25, 0.3) is 5.91 Å². The van der Waals surface area contributed by atoms with Crippen LogP contribution in [-0.2, 0) is 0 Å². The van der Waals surface area contributed by atoms with E-state index in [2.05, 4.69) is 20.7 Å². The number of benzene rings is 2. The van der Waals surface area contributed by atoms with Crippen molar-refractivity contribution < 1.29 is 9.18 Å². The number of rotatable bonds is 4. The SMILES string of the molecule is C/C(=N\NC(=O)c1cc(-c2ccc(Cl)cc2Cl)n[nH]1)c1ccc(F)cc1. The quantitative estimate of drug-likeness (QED) is 0.501. The predicted molar refractivity (Wildman–Crippen MR) is 100 cm³/mol. The Bertz CT molecular complexity index is 983. The van der Waals surface area contributed by atoms with Crippen molar-refractivity contribution in [2.24, 2.45) is 5.10 Å². The number of carbonyl (C=O) groups excluding carboxylic acids is 1. The van der Waals surface area contributed by atoms with Crippen molar-refractivity contribution in [3.05, 3.63) is 75.7 Å². The third-order valence-corrected chi connectivity index (χ3v) is 4.16. The number of hydrazone groups is 1. The fraction of sp³-hybridized carbons (Fsp3) is 0.0556. The van der Waals surface area contributed by atoms with Crippen molar-refractivity contribution in [1.29, 1.82) is 0 Å². The normalized spacial score (nSPS) is 11.5. The number of nitrogens with one attached hydrogen (secondary N) is 2. The molecule has 132 valence electrons. The van der Waals surface area contributed by atoms with Gasteiger partial charge in [0, 0.05) is 10.6 Å². The Kier molecular flexibility index (Phi) is 5.35. The Morgan fingerprint density at radius 3 is 2.58 bits per heavy atom. The molecule has 2 N–H and O–H groups in total. The highest BCUT2D eigenvalue weighted by atomic mass is 35.5. The minimum absolute atomic E-state index is 0.224. The van der Waals surface area contributed by atoms with Crippen molar-refractivity contribution in [2.75, 3.05) is 0 Å². The van der Waals surface area contributed by atoms with E-state index in [0.717, 1.165) is 0 Å². The highest BCUT2D eigenvalue weighted by Crippen LogP contribution is 2.29. The van der Waals surface area contributed by atoms with Gasteiger partial charge in [-0.25, -0.2) is 9.82 Å². The maximum absolute atomic E-state index is 12.9. The lowest BCUT2D eigenvalue weighted by molar-refractivity contribution is 0.0950. The third kappa shape index (κ3) is 4.09. The Hall–Kier alpha value is -2.70. The zero-order valence-electron chi connectivity index (χ0n) is 13.6. The van der Waals surface area contributed by atoms with Gasteiger partial charge in [-0.15, -0.1) is 0 Å². The molecule has 0 spiro atoms. The standard InChI is InChI=1S/C18H13Cl2FN4O/c1-10(11-2-5-13(21)6-3-11)22-25-18(26)17-9-16(23-24-17)14-7-4-12(19)8-15(14)20/h2-9H,1H3,(H,23,24)(H,25,26)/b22-10+. The first kappa shape index (κ1) is 18.1. The van der Waals surface area contributed by atoms with Crippen LogP contribution in [0.15, 0.2) is 53.6 Å². The first-order valence-corrected chi connectivity index (χ1v) is 8.31. The highest BCUT2D eigenvalue weighted by Gasteiger charge is 2.13. The number of hydrogen-bond acceptors (Lipinski definition) is 3. The monoisotopic (exact) mass is 390 g/mol. The van der Waals surface area contributed by atoms with E-state index >= 15 is 0 Å². The molecule has 0 radical (unpaired) electrons. The second-order valence-corrected chi connectivity index (χ2v) is 6.28. The van der Waals surface area contributed by atoms with Crippen LogP contribution in [0.5, 0.6) is 0 Å². The van der Waals surface area contributed by atoms with Crippen LogP contribution in [-0.4, -0.2) is 21.8 Å². The Balaban J connectivity index is 1.74. The van der Waals surface area contributed by atoms with Gasteiger partial charge in [0.15, 0.2) is 0 Å². The Morgan fingerprint density at radius 1 is 1.15 bits per heavy atom. The Labute approximate surface area is 158 Å². The van der Waals surface area contributed by atoms with Crippen LogP contribution in [0.25, 0.3) is 11.3 Å². The van der Waals surface area contributed by atoms with E-state index in [9.17, 15) is 9.18 Å². The van der Waals surface area contributed by atoms with Crippen molar-refractivity contribution in [3.63, 3.8) is 0 Å². The number of aromatic amines is 1. The summed E-state index contributed by atoms with van der Waals surface area (Å²) >= 11 is 12.0. The number of amides is 1. The van der Waals surface area contributed by atoms with Gasteiger partial charge in [-0.05, 0) is 48.9 Å². The van der Waals surface area contributed by atoms with Crippen LogP contribution in [0.3, 0.4) is 0 Å². The second kappa shape index (κ2) is 7.68. The molecule has 2 aromatic carbocycles. The van der Waals surface area contributed by atoms with Crippen molar-refractivity contribution in [1.82, 2.24) is 15.6 Å². The van der Waals surface area contributed by atoms with E-state index < -0.39 is 5.91 Å². The van der Waals surface area contributed by atoms with Crippen LogP contribution >= 0.6 is 23.2 Å². The summed E-state index contributed by atoms with van der Waals surface area (Å²) in [6, 6.07) is 12.4. The Morgan fingerprint density at radius 2 is 1.88 bits per heavy atom. The molecule has 3 aromatic rings. The number of aromatic nitrogens is 2. The average molecular weight is 391 g/mol. The van der Waals surface area contributed by atoms with Crippen LogP contribution in [0.4, 0.5) is 4.39 Å². The number of H-pyrrole nitrogens is 1. The summed E-state index contributed by atoms with van der Waals surface area (Å²) in [6.07, 6.45) is 0. The summed E-state index contributed by atoms with van der Waals surface area (Å²) < 4.78 is 12.9. The molecule has 0 bridgehead atoms. The lowest BCUT2D eigenvalue weighted by atomic mass is 10.1. The highest BCUT2D eigenvalue weighted by molar-refractivity contribution is 6.36. The average Bonchev–Trinajstić information content (AvgIpc) is 3.10. The van der Waals surface area contributed by atoms with Crippen LogP contribution in [0.1, 0.15) is 23.0 Å². The van der Waals surface area contributed by atoms with Gasteiger partial charge in [0.1, 0.15) is 11.5 Å². The van der Waals surface area contributed by atoms with Gasteiger partial charge in [0.2, 0.25) is 0 Å². The molecule has 0 saturated carbocycles. The van der Waals surface area contributed by atoms with E-state index in [1.54, 1.807) is 43.3 Å². The molecular formula is C18H13Cl2FN4O. The molecule has 0 aliphatic heterocycles. The molecular weight excluding hydrogens is 378 g/mol. The molecule has 0 aliphatic carbocycles. The van der Waals surface area contributed by atoms with Crippen LogP contribution in [0.2, 0.25) is 10.0 Å². The minimum atomic E-state index is -0.463. The fourth-order valence-electron chi connectivity index (χ4n) is 2.22. The molecule has 0 unspecified atom stereocenters. The van der Waals surface area contributed by atoms with Gasteiger partial charge < -0.3 is 0 Å². The molecule has 0 saturated heterocycles. The van der Waals surface area contributed by atoms with Gasteiger partial charge in [-0.3, -0.25) is 9.89 Å². The summed E-state index contributed by atoms with van der Waals surface area (Å²) in [5, 5.41) is 11.7. The minimum Gasteiger partial charge on any atom is -0.272 e. The zero-order chi connectivity index (χ0) is 18.7. The number of nitrogens with zero attached hydrogens (tertiary/aromatic N) is 2. The number of hydrogen-bond donors (Lipinski definition) is 2. The molecule has 0 aliphatic rings. The van der Waals surface area contributed by atoms with E-state index in [1.807, 2.05) is 0 Å². The maximum Gasteiger partial charge on any atom is 0.289 e. The lowest BCUT2D eigenvalue weighted by Crippen LogP contribution is -2.19. The third-order valence-electron chi connectivity index (χ3n) is 3.62. The summed E-state index contributed by atoms with van der Waals surface area (Å²) in [7, 11) is 0. The summed E-state index contributed by atoms with van der Waals surface area (Å²) in [4.78, 5) is 12.2. The number of halogens is 3. The van der Waals surface area contributed by atoms with E-state index in [4.69, 9.17) is 23.2 Å². The molecule has 8 heteroatoms. The first-order valence-electron chi connectivity index (χ1n) is 7.55. The number of carbonyl (C=O) groups is 1. The predicted octanol–water partition coefficient (Wildman–Crippen LogP) is 4.68. The first-order chi connectivity index (χ1) is 12.4. The van der Waals surface area contributed by atoms with Crippen molar-refractivity contribution in [2.45, 2.75) is 6.92 Å². The maximum atomic E-state index is 12.9. The molecule has 0 atom stereocenters. The molecule has 0 fully saturated rings. The molecule has 1 heterocycles. The van der Waals surface area contributed by atoms with Crippen LogP contribution < -0.4 is 5.43 Å². The topological polar surface area (TPSA) is 70.1 Å². The summed E-state index contributed by atoms with van der Waals surface area (Å²) in [5.41, 5.74) is 5.05. The molecule has 3 rings (SSSR count). The molecule has 5 nitrogen and oxygen atoms in total. The van der Waals surface area contributed by atoms with Gasteiger partial charge in [0.05, 0.1) is 16.4 Å². The molecule has 26 heavy (non-hydrogen) atoms.